The van der Waals surface area contributed by atoms with E-state index >= 15 is 0 Å². The van der Waals surface area contributed by atoms with Crippen LogP contribution in [-0.4, -0.2) is 66.3 Å². The molecule has 0 aromatic heterocycles. The third kappa shape index (κ3) is 4.62. The van der Waals surface area contributed by atoms with Crippen LogP contribution in [-0.2, 0) is 0 Å². The number of piperidine rings is 1. The first-order chi connectivity index (χ1) is 12.8. The predicted octanol–water partition coefficient (Wildman–Crippen LogP) is 2.97. The van der Waals surface area contributed by atoms with E-state index in [2.05, 4.69) is 10.6 Å². The lowest BCUT2D eigenvalue weighted by atomic mass is 9.86. The van der Waals surface area contributed by atoms with E-state index in [4.69, 9.17) is 0 Å². The van der Waals surface area contributed by atoms with Crippen molar-refractivity contribution in [2.75, 3.05) is 26.7 Å². The number of hydrogen-bond acceptors (Lipinski definition) is 2. The highest BCUT2D eigenvalue weighted by molar-refractivity contribution is 5.76. The number of likely N-dealkylation sites (tertiary alicyclic amines) is 1. The highest BCUT2D eigenvalue weighted by Crippen LogP contribution is 2.33. The summed E-state index contributed by atoms with van der Waals surface area (Å²) in [5.74, 6) is 0. The zero-order valence-electron chi connectivity index (χ0n) is 16.6. The fraction of sp³-hybridized carbons (Fsp3) is 0.700. The second-order valence-electron chi connectivity index (χ2n) is 8.17. The Hall–Kier alpha value is -2.05. The van der Waals surface area contributed by atoms with Gasteiger partial charge in [-0.1, -0.05) is 17.7 Å². The van der Waals surface area contributed by atoms with E-state index in [9.17, 15) is 14.0 Å². The Balaban J connectivity index is 1.58. The second-order valence-corrected chi connectivity index (χ2v) is 8.17. The number of alkyl halides is 1. The average molecular weight is 378 g/mol. The molecule has 2 N–H and O–H groups in total. The Labute approximate surface area is 160 Å². The summed E-state index contributed by atoms with van der Waals surface area (Å²) in [6.07, 6.45) is 7.89. The Morgan fingerprint density at radius 3 is 2.67 bits per heavy atom. The number of hydrogen-bond donors (Lipinski definition) is 2. The van der Waals surface area contributed by atoms with Crippen molar-refractivity contribution in [3.8, 4) is 0 Å². The van der Waals surface area contributed by atoms with Gasteiger partial charge in [0.1, 0.15) is 5.67 Å². The minimum absolute atomic E-state index is 0.0443. The number of carbonyl (C=O) groups is 2. The summed E-state index contributed by atoms with van der Waals surface area (Å²) in [5.41, 5.74) is 0.182. The highest BCUT2D eigenvalue weighted by atomic mass is 19.1. The molecule has 27 heavy (non-hydrogen) atoms. The van der Waals surface area contributed by atoms with Crippen LogP contribution in [0.15, 0.2) is 23.3 Å². The maximum absolute atomic E-state index is 14.7. The van der Waals surface area contributed by atoms with Crippen LogP contribution in [0.25, 0.3) is 0 Å². The monoisotopic (exact) mass is 378 g/mol. The fourth-order valence-electron chi connectivity index (χ4n) is 4.12. The SMILES string of the molecule is CNC(=O)N(C1CC1)[C@@H]1CCCN(C(=O)NCC2=CC=C(C)CC2(C)F)C1. The summed E-state index contributed by atoms with van der Waals surface area (Å²) in [6.45, 7) is 4.88. The normalized spacial score (nSPS) is 28.1. The molecule has 0 aromatic carbocycles. The third-order valence-corrected chi connectivity index (χ3v) is 5.75. The summed E-state index contributed by atoms with van der Waals surface area (Å²) in [5, 5.41) is 5.59. The number of rotatable bonds is 4. The predicted molar refractivity (Wildman–Crippen MR) is 103 cm³/mol. The van der Waals surface area contributed by atoms with E-state index in [1.165, 1.54) is 0 Å². The number of nitrogens with zero attached hydrogens (tertiary/aromatic N) is 2. The zero-order valence-corrected chi connectivity index (χ0v) is 16.6. The lowest BCUT2D eigenvalue weighted by molar-refractivity contribution is 0.116. The average Bonchev–Trinajstić information content (AvgIpc) is 3.45. The third-order valence-electron chi connectivity index (χ3n) is 5.75. The van der Waals surface area contributed by atoms with Gasteiger partial charge in [0, 0.05) is 39.1 Å². The number of carbonyl (C=O) groups excluding carboxylic acids is 2. The van der Waals surface area contributed by atoms with Gasteiger partial charge in [-0.15, -0.1) is 0 Å². The zero-order chi connectivity index (χ0) is 19.6. The van der Waals surface area contributed by atoms with Crippen LogP contribution in [0, 0.1) is 0 Å². The molecule has 7 heteroatoms. The van der Waals surface area contributed by atoms with Gasteiger partial charge in [0.15, 0.2) is 0 Å². The van der Waals surface area contributed by atoms with Crippen molar-refractivity contribution >= 4 is 12.1 Å². The maximum atomic E-state index is 14.7. The van der Waals surface area contributed by atoms with Crippen molar-refractivity contribution in [3.63, 3.8) is 0 Å². The lowest BCUT2D eigenvalue weighted by Crippen LogP contribution is -2.56. The maximum Gasteiger partial charge on any atom is 0.317 e. The molecule has 1 unspecified atom stereocenters. The molecule has 4 amide bonds. The van der Waals surface area contributed by atoms with Crippen LogP contribution in [0.2, 0.25) is 0 Å². The minimum Gasteiger partial charge on any atom is -0.341 e. The van der Waals surface area contributed by atoms with Crippen molar-refractivity contribution in [3.05, 3.63) is 23.3 Å². The van der Waals surface area contributed by atoms with Crippen LogP contribution in [0.3, 0.4) is 0 Å². The van der Waals surface area contributed by atoms with E-state index in [1.807, 2.05) is 17.9 Å². The quantitative estimate of drug-likeness (QED) is 0.790. The first kappa shape index (κ1) is 19.7. The van der Waals surface area contributed by atoms with Crippen LogP contribution in [0.1, 0.15) is 46.0 Å². The van der Waals surface area contributed by atoms with E-state index in [1.54, 1.807) is 24.9 Å². The summed E-state index contributed by atoms with van der Waals surface area (Å²) in [4.78, 5) is 28.5. The van der Waals surface area contributed by atoms with Crippen LogP contribution in [0.4, 0.5) is 14.0 Å². The number of halogens is 1. The van der Waals surface area contributed by atoms with Gasteiger partial charge in [-0.05, 0) is 45.1 Å². The molecular formula is C20H31FN4O2. The second kappa shape index (κ2) is 7.90. The Morgan fingerprint density at radius 2 is 2.04 bits per heavy atom. The molecule has 150 valence electrons. The Bertz CT molecular complexity index is 654. The van der Waals surface area contributed by atoms with E-state index in [-0.39, 0.29) is 24.6 Å². The molecular weight excluding hydrogens is 347 g/mol. The Kier molecular flexibility index (Phi) is 5.77. The van der Waals surface area contributed by atoms with Crippen LogP contribution >= 0.6 is 0 Å². The van der Waals surface area contributed by atoms with Crippen molar-refractivity contribution in [1.82, 2.24) is 20.4 Å². The van der Waals surface area contributed by atoms with Crippen molar-refractivity contribution in [2.24, 2.45) is 0 Å². The summed E-state index contributed by atoms with van der Waals surface area (Å²) in [6, 6.07) is 0.0956. The van der Waals surface area contributed by atoms with Crippen LogP contribution < -0.4 is 10.6 Å². The summed E-state index contributed by atoms with van der Waals surface area (Å²) in [7, 11) is 1.65. The van der Waals surface area contributed by atoms with E-state index < -0.39 is 5.67 Å². The first-order valence-electron chi connectivity index (χ1n) is 9.90. The Morgan fingerprint density at radius 1 is 1.30 bits per heavy atom. The molecule has 0 bridgehead atoms. The standard InChI is InChI=1S/C20H31FN4O2/c1-14-6-7-15(20(2,21)11-14)12-23-19(27)24-10-4-5-17(13-24)25(16-8-9-16)18(26)22-3/h6-7,16-17H,4-5,8-13H2,1-3H3,(H,22,26)(H,23,27)/t17-,20?/m1/s1. The largest absolute Gasteiger partial charge is 0.341 e. The van der Waals surface area contributed by atoms with Gasteiger partial charge in [0.25, 0.3) is 0 Å². The molecule has 1 aliphatic heterocycles. The topological polar surface area (TPSA) is 64.7 Å². The van der Waals surface area contributed by atoms with E-state index in [0.717, 1.165) is 31.3 Å². The van der Waals surface area contributed by atoms with E-state index in [0.29, 0.717) is 31.1 Å². The number of allylic oxidation sites excluding steroid dienone is 3. The van der Waals surface area contributed by atoms with Crippen molar-refractivity contribution in [2.45, 2.75) is 63.7 Å². The molecule has 3 aliphatic rings. The van der Waals surface area contributed by atoms with Gasteiger partial charge < -0.3 is 20.4 Å². The van der Waals surface area contributed by atoms with Gasteiger partial charge in [-0.2, -0.15) is 0 Å². The molecule has 1 saturated carbocycles. The molecule has 1 heterocycles. The first-order valence-corrected chi connectivity index (χ1v) is 9.90. The summed E-state index contributed by atoms with van der Waals surface area (Å²) < 4.78 is 14.7. The molecule has 2 fully saturated rings. The van der Waals surface area contributed by atoms with Crippen LogP contribution in [0.5, 0.6) is 0 Å². The number of nitrogens with one attached hydrogen (secondary N) is 2. The molecule has 6 nitrogen and oxygen atoms in total. The molecule has 0 aromatic rings. The lowest BCUT2D eigenvalue weighted by Gasteiger charge is -2.39. The molecule has 1 saturated heterocycles. The van der Waals surface area contributed by atoms with Gasteiger partial charge >= 0.3 is 12.1 Å². The molecule has 2 aliphatic carbocycles. The number of amides is 4. The van der Waals surface area contributed by atoms with Crippen molar-refractivity contribution < 1.29 is 14.0 Å². The van der Waals surface area contributed by atoms with Crippen molar-refractivity contribution in [1.29, 1.82) is 0 Å². The molecule has 2 atom stereocenters. The number of urea groups is 2. The smallest absolute Gasteiger partial charge is 0.317 e. The molecule has 3 rings (SSSR count). The van der Waals surface area contributed by atoms with Gasteiger partial charge in [-0.3, -0.25) is 0 Å². The van der Waals surface area contributed by atoms with Gasteiger partial charge in [-0.25, -0.2) is 14.0 Å². The van der Waals surface area contributed by atoms with Gasteiger partial charge in [0.2, 0.25) is 0 Å². The fourth-order valence-corrected chi connectivity index (χ4v) is 4.12. The van der Waals surface area contributed by atoms with Gasteiger partial charge in [0.05, 0.1) is 6.04 Å². The summed E-state index contributed by atoms with van der Waals surface area (Å²) >= 11 is 0. The molecule has 0 spiro atoms. The highest BCUT2D eigenvalue weighted by Gasteiger charge is 2.39. The minimum atomic E-state index is -1.42. The molecule has 0 radical (unpaired) electrons.